The van der Waals surface area contributed by atoms with Crippen molar-refractivity contribution < 1.29 is 0 Å². The zero-order valence-electron chi connectivity index (χ0n) is 10.0. The number of rotatable bonds is 2. The van der Waals surface area contributed by atoms with Crippen LogP contribution in [0.3, 0.4) is 0 Å². The van der Waals surface area contributed by atoms with Crippen molar-refractivity contribution in [2.75, 3.05) is 0 Å². The van der Waals surface area contributed by atoms with Gasteiger partial charge in [-0.1, -0.05) is 42.5 Å². The fraction of sp³-hybridized carbons (Fsp3) is 0.500. The summed E-state index contributed by atoms with van der Waals surface area (Å²) < 4.78 is 0. The van der Waals surface area contributed by atoms with E-state index in [1.54, 1.807) is 11.8 Å². The number of hydrogen-bond donors (Lipinski definition) is 0. The fourth-order valence-electron chi connectivity index (χ4n) is 2.29. The van der Waals surface area contributed by atoms with Crippen LogP contribution in [-0.4, -0.2) is 5.25 Å². The van der Waals surface area contributed by atoms with E-state index in [0.717, 1.165) is 17.7 Å². The molecule has 0 heterocycles. The number of nitrogens with zero attached hydrogens (tertiary/aromatic N) is 1. The molecule has 96 valence electrons. The van der Waals surface area contributed by atoms with Crippen molar-refractivity contribution in [3.05, 3.63) is 28.2 Å². The Hall–Kier alpha value is -0.360. The van der Waals surface area contributed by atoms with E-state index in [9.17, 15) is 5.26 Å². The highest BCUT2D eigenvalue weighted by Gasteiger charge is 2.24. The molecule has 1 nitrogen and oxygen atoms in total. The first-order valence-electron chi connectivity index (χ1n) is 6.22. The molecule has 1 aromatic rings. The van der Waals surface area contributed by atoms with Crippen LogP contribution in [0.5, 0.6) is 0 Å². The number of hydrogen-bond acceptors (Lipinski definition) is 2. The zero-order chi connectivity index (χ0) is 13.0. The smallest absolute Gasteiger partial charge is 0.0667 e. The lowest BCUT2D eigenvalue weighted by Gasteiger charge is -2.18. The van der Waals surface area contributed by atoms with E-state index in [4.69, 9.17) is 23.2 Å². The lowest BCUT2D eigenvalue weighted by Crippen LogP contribution is -2.13. The van der Waals surface area contributed by atoms with Crippen LogP contribution >= 0.6 is 35.0 Å². The normalized spacial score (nSPS) is 24.3. The highest BCUT2D eigenvalue weighted by molar-refractivity contribution is 8.00. The first kappa shape index (κ1) is 14.1. The average molecular weight is 300 g/mol. The molecule has 18 heavy (non-hydrogen) atoms. The fourth-order valence-corrected chi connectivity index (χ4v) is 3.98. The maximum atomic E-state index is 9.25. The SMILES string of the molecule is N#CC1CCCCCC1Sc1ccc(Cl)c(Cl)c1. The van der Waals surface area contributed by atoms with Gasteiger partial charge in [0, 0.05) is 10.1 Å². The second-order valence-corrected chi connectivity index (χ2v) is 6.73. The quantitative estimate of drug-likeness (QED) is 0.668. The van der Waals surface area contributed by atoms with E-state index >= 15 is 0 Å². The first-order valence-corrected chi connectivity index (χ1v) is 7.85. The molecule has 0 aromatic heterocycles. The summed E-state index contributed by atoms with van der Waals surface area (Å²) in [7, 11) is 0. The summed E-state index contributed by atoms with van der Waals surface area (Å²) in [5.74, 6) is 0.159. The third-order valence-electron chi connectivity index (χ3n) is 3.30. The van der Waals surface area contributed by atoms with Gasteiger partial charge in [0.05, 0.1) is 22.0 Å². The van der Waals surface area contributed by atoms with E-state index in [0.29, 0.717) is 15.3 Å². The van der Waals surface area contributed by atoms with E-state index in [-0.39, 0.29) is 5.92 Å². The summed E-state index contributed by atoms with van der Waals surface area (Å²) in [4.78, 5) is 1.11. The molecule has 1 aromatic carbocycles. The molecule has 1 aliphatic rings. The lowest BCUT2D eigenvalue weighted by molar-refractivity contribution is 0.585. The molecule has 1 aliphatic carbocycles. The molecule has 0 bridgehead atoms. The zero-order valence-corrected chi connectivity index (χ0v) is 12.4. The van der Waals surface area contributed by atoms with Crippen LogP contribution in [0.1, 0.15) is 32.1 Å². The summed E-state index contributed by atoms with van der Waals surface area (Å²) in [6, 6.07) is 8.17. The molecule has 0 saturated heterocycles. The molecule has 2 rings (SSSR count). The van der Waals surface area contributed by atoms with Crippen molar-refractivity contribution in [3.63, 3.8) is 0 Å². The second-order valence-electron chi connectivity index (χ2n) is 4.61. The van der Waals surface area contributed by atoms with Crippen LogP contribution in [0.15, 0.2) is 23.1 Å². The molecule has 0 radical (unpaired) electrons. The van der Waals surface area contributed by atoms with Crippen LogP contribution in [0.2, 0.25) is 10.0 Å². The van der Waals surface area contributed by atoms with Crippen LogP contribution in [0.25, 0.3) is 0 Å². The van der Waals surface area contributed by atoms with Crippen molar-refractivity contribution in [1.82, 2.24) is 0 Å². The van der Waals surface area contributed by atoms with Crippen LogP contribution in [-0.2, 0) is 0 Å². The molecule has 0 aliphatic heterocycles. The van der Waals surface area contributed by atoms with Gasteiger partial charge in [0.25, 0.3) is 0 Å². The van der Waals surface area contributed by atoms with Crippen molar-refractivity contribution in [1.29, 1.82) is 5.26 Å². The Morgan fingerprint density at radius 1 is 1.11 bits per heavy atom. The third kappa shape index (κ3) is 3.57. The standard InChI is InChI=1S/C14H15Cl2NS/c15-12-7-6-11(8-13(12)16)18-14-5-3-1-2-4-10(14)9-17/h6-8,10,14H,1-5H2. The predicted molar refractivity (Wildman–Crippen MR) is 78.3 cm³/mol. The molecular formula is C14H15Cl2NS. The van der Waals surface area contributed by atoms with Crippen LogP contribution in [0, 0.1) is 17.2 Å². The summed E-state index contributed by atoms with van der Waals surface area (Å²) in [5, 5.41) is 10.8. The molecule has 1 fully saturated rings. The number of thioether (sulfide) groups is 1. The van der Waals surface area contributed by atoms with Gasteiger partial charge in [-0.15, -0.1) is 11.8 Å². The van der Waals surface area contributed by atoms with Gasteiger partial charge in [-0.25, -0.2) is 0 Å². The molecule has 1 saturated carbocycles. The number of benzene rings is 1. The van der Waals surface area contributed by atoms with Crippen molar-refractivity contribution in [2.45, 2.75) is 42.2 Å². The molecule has 4 heteroatoms. The largest absolute Gasteiger partial charge is 0.198 e. The minimum absolute atomic E-state index is 0.159. The van der Waals surface area contributed by atoms with Crippen molar-refractivity contribution in [3.8, 4) is 6.07 Å². The first-order chi connectivity index (χ1) is 8.70. The Morgan fingerprint density at radius 3 is 2.61 bits per heavy atom. The van der Waals surface area contributed by atoms with Gasteiger partial charge in [0.2, 0.25) is 0 Å². The van der Waals surface area contributed by atoms with Gasteiger partial charge in [-0.3, -0.25) is 0 Å². The van der Waals surface area contributed by atoms with Crippen LogP contribution < -0.4 is 0 Å². The molecule has 0 spiro atoms. The van der Waals surface area contributed by atoms with Gasteiger partial charge in [-0.2, -0.15) is 5.26 Å². The maximum absolute atomic E-state index is 9.25. The van der Waals surface area contributed by atoms with Gasteiger partial charge in [-0.05, 0) is 31.0 Å². The molecule has 0 N–H and O–H groups in total. The summed E-state index contributed by atoms with van der Waals surface area (Å²) >= 11 is 13.7. The number of nitriles is 1. The maximum Gasteiger partial charge on any atom is 0.0667 e. The Bertz CT molecular complexity index is 456. The number of halogens is 2. The average Bonchev–Trinajstić information content (AvgIpc) is 2.59. The minimum atomic E-state index is 0.159. The molecule has 0 amide bonds. The van der Waals surface area contributed by atoms with Gasteiger partial charge in [0.1, 0.15) is 0 Å². The Labute approximate surface area is 122 Å². The Kier molecular flexibility index (Phi) is 5.24. The van der Waals surface area contributed by atoms with Crippen molar-refractivity contribution in [2.24, 2.45) is 5.92 Å². The van der Waals surface area contributed by atoms with E-state index < -0.39 is 0 Å². The predicted octanol–water partition coefficient (Wildman–Crippen LogP) is 5.56. The summed E-state index contributed by atoms with van der Waals surface area (Å²) in [6.07, 6.45) is 5.78. The minimum Gasteiger partial charge on any atom is -0.198 e. The Morgan fingerprint density at radius 2 is 1.89 bits per heavy atom. The van der Waals surface area contributed by atoms with Crippen molar-refractivity contribution >= 4 is 35.0 Å². The highest BCUT2D eigenvalue weighted by Crippen LogP contribution is 2.38. The Balaban J connectivity index is 2.10. The summed E-state index contributed by atoms with van der Waals surface area (Å²) in [6.45, 7) is 0. The van der Waals surface area contributed by atoms with E-state index in [2.05, 4.69) is 6.07 Å². The molecule has 2 unspecified atom stereocenters. The van der Waals surface area contributed by atoms with Gasteiger partial charge < -0.3 is 0 Å². The molecule has 2 atom stereocenters. The topological polar surface area (TPSA) is 23.8 Å². The van der Waals surface area contributed by atoms with E-state index in [1.807, 2.05) is 18.2 Å². The van der Waals surface area contributed by atoms with E-state index in [1.165, 1.54) is 19.3 Å². The molecular weight excluding hydrogens is 285 g/mol. The third-order valence-corrected chi connectivity index (χ3v) is 5.43. The summed E-state index contributed by atoms with van der Waals surface area (Å²) in [5.41, 5.74) is 0. The lowest BCUT2D eigenvalue weighted by atomic mass is 10.0. The highest BCUT2D eigenvalue weighted by atomic mass is 35.5. The van der Waals surface area contributed by atoms with Crippen LogP contribution in [0.4, 0.5) is 0 Å². The van der Waals surface area contributed by atoms with Gasteiger partial charge in [0.15, 0.2) is 0 Å². The monoisotopic (exact) mass is 299 g/mol. The van der Waals surface area contributed by atoms with Gasteiger partial charge >= 0.3 is 0 Å². The second kappa shape index (κ2) is 6.70.